The van der Waals surface area contributed by atoms with Crippen molar-refractivity contribution >= 4 is 50.9 Å². The summed E-state index contributed by atoms with van der Waals surface area (Å²) in [5, 5.41) is -0.477. The summed E-state index contributed by atoms with van der Waals surface area (Å²) in [7, 11) is 1.23. The van der Waals surface area contributed by atoms with Gasteiger partial charge in [0.25, 0.3) is 11.1 Å². The zero-order valence-corrected chi connectivity index (χ0v) is 18.3. The van der Waals surface area contributed by atoms with Crippen LogP contribution < -0.4 is 0 Å². The van der Waals surface area contributed by atoms with Crippen molar-refractivity contribution in [1.82, 2.24) is 9.47 Å². The van der Waals surface area contributed by atoms with E-state index in [1.165, 1.54) is 14.0 Å². The smallest absolute Gasteiger partial charge is 0.328 e. The number of nitrogens with zero attached hydrogens (tertiary/aromatic N) is 2. The van der Waals surface area contributed by atoms with Gasteiger partial charge in [0.15, 0.2) is 0 Å². The number of rotatable bonds is 4. The van der Waals surface area contributed by atoms with Crippen LogP contribution in [0, 0.1) is 13.8 Å². The predicted octanol–water partition coefficient (Wildman–Crippen LogP) is 4.45. The number of aromatic nitrogens is 1. The maximum atomic E-state index is 12.7. The van der Waals surface area contributed by atoms with E-state index in [1.54, 1.807) is 6.08 Å². The first-order valence-corrected chi connectivity index (χ1v) is 10.1. The molecule has 0 bridgehead atoms. The van der Waals surface area contributed by atoms with E-state index in [-0.39, 0.29) is 4.91 Å². The number of methoxy groups -OCH3 is 1. The summed E-state index contributed by atoms with van der Waals surface area (Å²) in [4.78, 5) is 37.9. The van der Waals surface area contributed by atoms with E-state index in [0.29, 0.717) is 0 Å². The van der Waals surface area contributed by atoms with Gasteiger partial charge >= 0.3 is 5.97 Å². The van der Waals surface area contributed by atoms with Gasteiger partial charge in [-0.1, -0.05) is 22.0 Å². The first-order valence-electron chi connectivity index (χ1n) is 8.54. The molecule has 1 aliphatic rings. The Morgan fingerprint density at radius 1 is 1.25 bits per heavy atom. The lowest BCUT2D eigenvalue weighted by Gasteiger charge is -2.18. The zero-order valence-electron chi connectivity index (χ0n) is 15.9. The van der Waals surface area contributed by atoms with Gasteiger partial charge in [-0.15, -0.1) is 0 Å². The van der Waals surface area contributed by atoms with Gasteiger partial charge in [-0.3, -0.25) is 14.5 Å². The number of ether oxygens (including phenoxy) is 1. The Morgan fingerprint density at radius 3 is 2.61 bits per heavy atom. The number of carbonyl (C=O) groups excluding carboxylic acids is 3. The van der Waals surface area contributed by atoms with Crippen LogP contribution >= 0.6 is 27.7 Å². The summed E-state index contributed by atoms with van der Waals surface area (Å²) in [6.45, 7) is 5.42. The highest BCUT2D eigenvalue weighted by Crippen LogP contribution is 2.35. The van der Waals surface area contributed by atoms with Gasteiger partial charge in [0, 0.05) is 21.5 Å². The number of aryl methyl sites for hydroxylation is 1. The molecular weight excluding hydrogens is 444 g/mol. The molecule has 2 amide bonds. The average molecular weight is 463 g/mol. The third kappa shape index (κ3) is 3.66. The molecule has 0 N–H and O–H groups in total. The molecule has 0 aliphatic carbocycles. The van der Waals surface area contributed by atoms with Gasteiger partial charge in [0.1, 0.15) is 6.04 Å². The number of hydrogen-bond acceptors (Lipinski definition) is 5. The van der Waals surface area contributed by atoms with Gasteiger partial charge in [-0.2, -0.15) is 0 Å². The highest BCUT2D eigenvalue weighted by Gasteiger charge is 2.41. The first kappa shape index (κ1) is 20.4. The van der Waals surface area contributed by atoms with Crippen LogP contribution in [0.2, 0.25) is 0 Å². The monoisotopic (exact) mass is 462 g/mol. The van der Waals surface area contributed by atoms with Crippen molar-refractivity contribution in [3.63, 3.8) is 0 Å². The van der Waals surface area contributed by atoms with E-state index in [2.05, 4.69) is 25.2 Å². The second kappa shape index (κ2) is 7.97. The first-order chi connectivity index (χ1) is 13.2. The Balaban J connectivity index is 1.97. The number of halogens is 1. The van der Waals surface area contributed by atoms with Crippen LogP contribution in [-0.4, -0.2) is 39.7 Å². The molecule has 2 aromatic rings. The quantitative estimate of drug-likeness (QED) is 0.495. The van der Waals surface area contributed by atoms with Crippen molar-refractivity contribution in [3.05, 3.63) is 56.7 Å². The van der Waals surface area contributed by atoms with Crippen LogP contribution in [0.25, 0.3) is 11.8 Å². The van der Waals surface area contributed by atoms with Crippen molar-refractivity contribution in [3.8, 4) is 5.69 Å². The molecule has 2 heterocycles. The van der Waals surface area contributed by atoms with E-state index in [4.69, 9.17) is 0 Å². The second-order valence-electron chi connectivity index (χ2n) is 6.39. The van der Waals surface area contributed by atoms with Gasteiger partial charge in [0.2, 0.25) is 0 Å². The SMILES string of the molecule is COC(=O)[C@@H](C)N1C(=O)S/C(=C/c2cc(C)n(-c3cccc(Br)c3)c2C)C1=O. The van der Waals surface area contributed by atoms with E-state index in [9.17, 15) is 14.4 Å². The standard InChI is InChI=1S/C20H19BrN2O4S/c1-11-8-14(12(2)22(11)16-7-5-6-15(21)10-16)9-17-18(24)23(20(26)28-17)13(3)19(25)27-4/h5-10,13H,1-4H3/b17-9+/t13-/m1/s1. The van der Waals surface area contributed by atoms with Crippen LogP contribution in [-0.2, 0) is 14.3 Å². The summed E-state index contributed by atoms with van der Waals surface area (Å²) in [5.41, 5.74) is 3.79. The lowest BCUT2D eigenvalue weighted by Crippen LogP contribution is -2.42. The fourth-order valence-electron chi connectivity index (χ4n) is 3.18. The number of carbonyl (C=O) groups is 3. The Morgan fingerprint density at radius 2 is 1.96 bits per heavy atom. The summed E-state index contributed by atoms with van der Waals surface area (Å²) in [6.07, 6.45) is 1.70. The van der Waals surface area contributed by atoms with E-state index >= 15 is 0 Å². The van der Waals surface area contributed by atoms with Crippen LogP contribution in [0.15, 0.2) is 39.7 Å². The molecule has 0 spiro atoms. The second-order valence-corrected chi connectivity index (χ2v) is 8.30. The third-order valence-corrected chi connectivity index (χ3v) is 5.95. The number of amides is 2. The third-order valence-electron chi connectivity index (χ3n) is 4.58. The zero-order chi connectivity index (χ0) is 20.6. The molecule has 8 heteroatoms. The molecule has 3 rings (SSSR count). The Hall–Kier alpha value is -2.32. The lowest BCUT2D eigenvalue weighted by atomic mass is 10.2. The number of thioether (sulfide) groups is 1. The maximum Gasteiger partial charge on any atom is 0.328 e. The Labute approximate surface area is 175 Å². The molecule has 0 saturated carbocycles. The number of benzene rings is 1. The van der Waals surface area contributed by atoms with Crippen molar-refractivity contribution in [2.45, 2.75) is 26.8 Å². The van der Waals surface area contributed by atoms with Crippen LogP contribution in [0.3, 0.4) is 0 Å². The largest absolute Gasteiger partial charge is 0.467 e. The fraction of sp³-hybridized carbons (Fsp3) is 0.250. The molecule has 1 atom stereocenters. The number of esters is 1. The van der Waals surface area contributed by atoms with Crippen LogP contribution in [0.4, 0.5) is 4.79 Å². The number of hydrogen-bond donors (Lipinski definition) is 0. The lowest BCUT2D eigenvalue weighted by molar-refractivity contribution is -0.148. The highest BCUT2D eigenvalue weighted by molar-refractivity contribution is 9.10. The van der Waals surface area contributed by atoms with Crippen LogP contribution in [0.5, 0.6) is 0 Å². The molecule has 1 aromatic carbocycles. The molecule has 0 radical (unpaired) electrons. The van der Waals surface area contributed by atoms with E-state index in [1.807, 2.05) is 44.2 Å². The summed E-state index contributed by atoms with van der Waals surface area (Å²) in [5.74, 6) is -1.11. The van der Waals surface area contributed by atoms with Crippen molar-refractivity contribution < 1.29 is 19.1 Å². The Bertz CT molecular complexity index is 1010. The normalized spacial score (nSPS) is 16.8. The average Bonchev–Trinajstić information content (AvgIpc) is 3.09. The van der Waals surface area contributed by atoms with Crippen molar-refractivity contribution in [1.29, 1.82) is 0 Å². The minimum atomic E-state index is -0.961. The van der Waals surface area contributed by atoms with Gasteiger partial charge < -0.3 is 9.30 Å². The molecule has 0 unspecified atom stereocenters. The molecule has 1 aliphatic heterocycles. The molecule has 1 fully saturated rings. The molecule has 1 aromatic heterocycles. The predicted molar refractivity (Wildman–Crippen MR) is 112 cm³/mol. The van der Waals surface area contributed by atoms with E-state index in [0.717, 1.165) is 43.8 Å². The van der Waals surface area contributed by atoms with Gasteiger partial charge in [-0.05, 0) is 68.4 Å². The summed E-state index contributed by atoms with van der Waals surface area (Å²) < 4.78 is 7.70. The molecular formula is C20H19BrN2O4S. The van der Waals surface area contributed by atoms with Crippen molar-refractivity contribution in [2.75, 3.05) is 7.11 Å². The molecule has 28 heavy (non-hydrogen) atoms. The minimum Gasteiger partial charge on any atom is -0.467 e. The van der Waals surface area contributed by atoms with Gasteiger partial charge in [-0.25, -0.2) is 4.79 Å². The molecule has 1 saturated heterocycles. The summed E-state index contributed by atoms with van der Waals surface area (Å²) >= 11 is 4.31. The Kier molecular flexibility index (Phi) is 5.81. The fourth-order valence-corrected chi connectivity index (χ4v) is 4.46. The minimum absolute atomic E-state index is 0.287. The van der Waals surface area contributed by atoms with Gasteiger partial charge in [0.05, 0.1) is 12.0 Å². The molecule has 6 nitrogen and oxygen atoms in total. The topological polar surface area (TPSA) is 68.6 Å². The highest BCUT2D eigenvalue weighted by atomic mass is 79.9. The van der Waals surface area contributed by atoms with E-state index < -0.39 is 23.2 Å². The summed E-state index contributed by atoms with van der Waals surface area (Å²) in [6, 6.07) is 8.93. The van der Waals surface area contributed by atoms with Crippen LogP contribution in [0.1, 0.15) is 23.9 Å². The van der Waals surface area contributed by atoms with Crippen molar-refractivity contribution in [2.24, 2.45) is 0 Å². The molecule has 146 valence electrons. The maximum absolute atomic E-state index is 12.7. The number of imide groups is 1.